The molecule has 0 spiro atoms. The van der Waals surface area contributed by atoms with Crippen LogP contribution < -0.4 is 10.6 Å². The molecule has 3 N–H and O–H groups in total. The number of aliphatic hydroxyl groups is 1. The molecule has 0 aromatic heterocycles. The van der Waals surface area contributed by atoms with Crippen LogP contribution in [0.2, 0.25) is 0 Å². The second kappa shape index (κ2) is 7.67. The molecule has 0 radical (unpaired) electrons. The first-order chi connectivity index (χ1) is 9.08. The minimum absolute atomic E-state index is 0.0410. The van der Waals surface area contributed by atoms with Gasteiger partial charge in [-0.25, -0.2) is 0 Å². The zero-order chi connectivity index (χ0) is 14.3. The summed E-state index contributed by atoms with van der Waals surface area (Å²) in [5.74, 6) is 0. The summed E-state index contributed by atoms with van der Waals surface area (Å²) in [5.41, 5.74) is 1.31. The molecule has 0 bridgehead atoms. The normalized spacial score (nSPS) is 12.2. The fraction of sp³-hybridized carbons (Fsp3) is 0.500. The molecule has 0 saturated carbocycles. The summed E-state index contributed by atoms with van der Waals surface area (Å²) >= 11 is 0. The summed E-state index contributed by atoms with van der Waals surface area (Å²) in [4.78, 5) is 10.5. The molecular weight excluding hydrogens is 250 g/mol. The first-order valence-electron chi connectivity index (χ1n) is 5.91. The number of nitro groups is 1. The highest BCUT2D eigenvalue weighted by Crippen LogP contribution is 2.24. The number of hydrogen-bond acceptors (Lipinski definition) is 6. The SMILES string of the molecule is CNc1ccc(CNCC(O)COC)cc1[N+](=O)[O-]. The van der Waals surface area contributed by atoms with E-state index in [4.69, 9.17) is 4.74 Å². The molecule has 1 unspecified atom stereocenters. The van der Waals surface area contributed by atoms with Crippen LogP contribution in [0.25, 0.3) is 0 Å². The Hall–Kier alpha value is -1.70. The molecule has 7 nitrogen and oxygen atoms in total. The number of anilines is 1. The summed E-state index contributed by atoms with van der Waals surface area (Å²) in [6.45, 7) is 1.08. The van der Waals surface area contributed by atoms with Crippen molar-refractivity contribution in [1.82, 2.24) is 5.32 Å². The molecule has 1 aromatic carbocycles. The lowest BCUT2D eigenvalue weighted by Crippen LogP contribution is -2.29. The van der Waals surface area contributed by atoms with Gasteiger partial charge < -0.3 is 20.5 Å². The fourth-order valence-corrected chi connectivity index (χ4v) is 1.68. The summed E-state index contributed by atoms with van der Waals surface area (Å²) < 4.78 is 4.80. The van der Waals surface area contributed by atoms with Gasteiger partial charge in [-0.3, -0.25) is 10.1 Å². The van der Waals surface area contributed by atoms with Crippen LogP contribution in [0.3, 0.4) is 0 Å². The van der Waals surface area contributed by atoms with Crippen LogP contribution >= 0.6 is 0 Å². The van der Waals surface area contributed by atoms with E-state index >= 15 is 0 Å². The second-order valence-electron chi connectivity index (χ2n) is 4.10. The Balaban J connectivity index is 2.60. The van der Waals surface area contributed by atoms with Crippen molar-refractivity contribution in [3.63, 3.8) is 0 Å². The Morgan fingerprint density at radius 2 is 2.26 bits per heavy atom. The third-order valence-electron chi connectivity index (χ3n) is 2.60. The van der Waals surface area contributed by atoms with Gasteiger partial charge in [0.1, 0.15) is 5.69 Å². The lowest BCUT2D eigenvalue weighted by molar-refractivity contribution is -0.384. The number of methoxy groups -OCH3 is 1. The maximum absolute atomic E-state index is 10.9. The van der Waals surface area contributed by atoms with Crippen molar-refractivity contribution >= 4 is 11.4 Å². The van der Waals surface area contributed by atoms with E-state index in [1.54, 1.807) is 19.2 Å². The lowest BCUT2D eigenvalue weighted by Gasteiger charge is -2.11. The van der Waals surface area contributed by atoms with Crippen LogP contribution in [0.4, 0.5) is 11.4 Å². The van der Waals surface area contributed by atoms with Crippen molar-refractivity contribution in [1.29, 1.82) is 0 Å². The van der Waals surface area contributed by atoms with Crippen LogP contribution in [-0.2, 0) is 11.3 Å². The highest BCUT2D eigenvalue weighted by atomic mass is 16.6. The van der Waals surface area contributed by atoms with Gasteiger partial charge >= 0.3 is 0 Å². The molecule has 106 valence electrons. The Bertz CT molecular complexity index is 425. The van der Waals surface area contributed by atoms with Crippen molar-refractivity contribution in [3.05, 3.63) is 33.9 Å². The van der Waals surface area contributed by atoms with Crippen molar-refractivity contribution < 1.29 is 14.8 Å². The van der Waals surface area contributed by atoms with Crippen molar-refractivity contribution in [3.8, 4) is 0 Å². The van der Waals surface area contributed by atoms with E-state index in [2.05, 4.69) is 10.6 Å². The quantitative estimate of drug-likeness (QED) is 0.475. The Morgan fingerprint density at radius 1 is 1.53 bits per heavy atom. The Kier molecular flexibility index (Phi) is 6.20. The summed E-state index contributed by atoms with van der Waals surface area (Å²) in [7, 11) is 3.16. The summed E-state index contributed by atoms with van der Waals surface area (Å²) in [6, 6.07) is 4.98. The van der Waals surface area contributed by atoms with Crippen LogP contribution in [0.15, 0.2) is 18.2 Å². The topological polar surface area (TPSA) is 96.7 Å². The highest BCUT2D eigenvalue weighted by Gasteiger charge is 2.13. The van der Waals surface area contributed by atoms with Gasteiger partial charge in [-0.2, -0.15) is 0 Å². The van der Waals surface area contributed by atoms with E-state index in [1.165, 1.54) is 13.2 Å². The third-order valence-corrected chi connectivity index (χ3v) is 2.60. The van der Waals surface area contributed by atoms with Gasteiger partial charge in [0.25, 0.3) is 5.69 Å². The second-order valence-corrected chi connectivity index (χ2v) is 4.10. The van der Waals surface area contributed by atoms with E-state index < -0.39 is 11.0 Å². The molecule has 0 aliphatic rings. The molecule has 19 heavy (non-hydrogen) atoms. The number of ether oxygens (including phenoxy) is 1. The van der Waals surface area contributed by atoms with Crippen molar-refractivity contribution in [2.24, 2.45) is 0 Å². The maximum Gasteiger partial charge on any atom is 0.292 e. The average molecular weight is 269 g/mol. The lowest BCUT2D eigenvalue weighted by atomic mass is 10.1. The molecule has 0 amide bonds. The number of rotatable bonds is 8. The molecule has 0 aliphatic heterocycles. The Morgan fingerprint density at radius 3 is 2.84 bits per heavy atom. The monoisotopic (exact) mass is 269 g/mol. The molecule has 0 fully saturated rings. The summed E-state index contributed by atoms with van der Waals surface area (Å²) in [6.07, 6.45) is -0.587. The van der Waals surface area contributed by atoms with Crippen LogP contribution in [0, 0.1) is 10.1 Å². The van der Waals surface area contributed by atoms with Gasteiger partial charge in [0, 0.05) is 33.3 Å². The fourth-order valence-electron chi connectivity index (χ4n) is 1.68. The highest BCUT2D eigenvalue weighted by molar-refractivity contribution is 5.62. The van der Waals surface area contributed by atoms with Crippen LogP contribution in [0.5, 0.6) is 0 Å². The average Bonchev–Trinajstić information content (AvgIpc) is 2.38. The molecule has 0 saturated heterocycles. The zero-order valence-corrected chi connectivity index (χ0v) is 11.0. The first kappa shape index (κ1) is 15.4. The number of aliphatic hydroxyl groups excluding tert-OH is 1. The maximum atomic E-state index is 10.9. The summed E-state index contributed by atoms with van der Waals surface area (Å²) in [5, 5.41) is 26.1. The smallest absolute Gasteiger partial charge is 0.292 e. The van der Waals surface area contributed by atoms with E-state index in [0.29, 0.717) is 18.8 Å². The van der Waals surface area contributed by atoms with Crippen LogP contribution in [0.1, 0.15) is 5.56 Å². The van der Waals surface area contributed by atoms with Gasteiger partial charge in [-0.1, -0.05) is 6.07 Å². The number of nitrogens with zero attached hydrogens (tertiary/aromatic N) is 1. The zero-order valence-electron chi connectivity index (χ0n) is 11.0. The van der Waals surface area contributed by atoms with Gasteiger partial charge in [0.2, 0.25) is 0 Å². The molecule has 1 rings (SSSR count). The Labute approximate surface area is 111 Å². The van der Waals surface area contributed by atoms with Crippen molar-refractivity contribution in [2.45, 2.75) is 12.6 Å². The minimum Gasteiger partial charge on any atom is -0.389 e. The first-order valence-corrected chi connectivity index (χ1v) is 5.91. The van der Waals surface area contributed by atoms with Crippen molar-refractivity contribution in [2.75, 3.05) is 32.6 Å². The minimum atomic E-state index is -0.587. The number of benzene rings is 1. The van der Waals surface area contributed by atoms with E-state index in [-0.39, 0.29) is 12.3 Å². The third kappa shape index (κ3) is 4.82. The van der Waals surface area contributed by atoms with Gasteiger partial charge in [-0.05, 0) is 11.6 Å². The van der Waals surface area contributed by atoms with E-state index in [9.17, 15) is 15.2 Å². The standard InChI is InChI=1S/C12H19N3O4/c1-13-11-4-3-9(5-12(11)15(17)18)6-14-7-10(16)8-19-2/h3-5,10,13-14,16H,6-8H2,1-2H3. The molecular formula is C12H19N3O4. The van der Waals surface area contributed by atoms with Gasteiger partial charge in [-0.15, -0.1) is 0 Å². The molecule has 0 aliphatic carbocycles. The molecule has 1 atom stereocenters. The number of nitrogens with one attached hydrogen (secondary N) is 2. The molecule has 1 aromatic rings. The number of hydrogen-bond donors (Lipinski definition) is 3. The predicted octanol–water partition coefficient (Wildman–Crippen LogP) is 0.733. The molecule has 7 heteroatoms. The predicted molar refractivity (Wildman–Crippen MR) is 72.2 cm³/mol. The van der Waals surface area contributed by atoms with E-state index in [1.807, 2.05) is 0 Å². The van der Waals surface area contributed by atoms with Gasteiger partial charge in [0.15, 0.2) is 0 Å². The number of nitro benzene ring substituents is 1. The molecule has 0 heterocycles. The van der Waals surface area contributed by atoms with Crippen LogP contribution in [-0.4, -0.2) is 43.4 Å². The largest absolute Gasteiger partial charge is 0.389 e. The van der Waals surface area contributed by atoms with E-state index in [0.717, 1.165) is 5.56 Å². The van der Waals surface area contributed by atoms with Gasteiger partial charge in [0.05, 0.1) is 17.6 Å².